The average Bonchev–Trinajstić information content (AvgIpc) is 3.40. The van der Waals surface area contributed by atoms with E-state index in [2.05, 4.69) is 25.8 Å². The minimum absolute atomic E-state index is 0.118. The van der Waals surface area contributed by atoms with Gasteiger partial charge in [-0.1, -0.05) is 5.16 Å². The first kappa shape index (κ1) is 17.2. The topological polar surface area (TPSA) is 104 Å². The van der Waals surface area contributed by atoms with E-state index in [0.29, 0.717) is 18.2 Å². The lowest BCUT2D eigenvalue weighted by atomic mass is 9.79. The van der Waals surface area contributed by atoms with Gasteiger partial charge in [-0.3, -0.25) is 9.48 Å². The number of carbonyl (C=O) groups excluding carboxylic acids is 1. The number of amides is 1. The van der Waals surface area contributed by atoms with Crippen molar-refractivity contribution in [2.45, 2.75) is 57.0 Å². The second-order valence-electron chi connectivity index (χ2n) is 7.72. The van der Waals surface area contributed by atoms with E-state index in [1.165, 1.54) is 0 Å². The number of carbonyl (C=O) groups is 1. The molecular weight excluding hydrogens is 358 g/mol. The summed E-state index contributed by atoms with van der Waals surface area (Å²) in [7, 11) is 1.99. The molecule has 1 fully saturated rings. The largest absolute Gasteiger partial charge is 0.360 e. The summed E-state index contributed by atoms with van der Waals surface area (Å²) >= 11 is 0. The van der Waals surface area contributed by atoms with Crippen molar-refractivity contribution < 1.29 is 9.32 Å². The zero-order valence-corrected chi connectivity index (χ0v) is 15.8. The molecule has 0 saturated heterocycles. The number of nitrogens with zero attached hydrogens (tertiary/aromatic N) is 6. The predicted octanol–water partition coefficient (Wildman–Crippen LogP) is 1.60. The van der Waals surface area contributed by atoms with Crippen molar-refractivity contribution in [2.75, 3.05) is 0 Å². The Kier molecular flexibility index (Phi) is 4.22. The zero-order valence-electron chi connectivity index (χ0n) is 15.8. The van der Waals surface area contributed by atoms with Crippen molar-refractivity contribution in [3.05, 3.63) is 47.1 Å². The van der Waals surface area contributed by atoms with Crippen LogP contribution >= 0.6 is 0 Å². The first-order chi connectivity index (χ1) is 13.7. The minimum atomic E-state index is -0.118. The summed E-state index contributed by atoms with van der Waals surface area (Å²) in [6, 6.07) is 2.03. The van der Waals surface area contributed by atoms with Gasteiger partial charge in [-0.2, -0.15) is 5.10 Å². The van der Waals surface area contributed by atoms with E-state index in [4.69, 9.17) is 4.52 Å². The summed E-state index contributed by atoms with van der Waals surface area (Å²) in [5, 5.41) is 20.0. The van der Waals surface area contributed by atoms with Crippen LogP contribution in [0.2, 0.25) is 0 Å². The Hall–Kier alpha value is -2.97. The van der Waals surface area contributed by atoms with E-state index in [0.717, 1.165) is 61.5 Å². The fourth-order valence-corrected chi connectivity index (χ4v) is 4.17. The summed E-state index contributed by atoms with van der Waals surface area (Å²) in [6.45, 7) is 0.598. The quantitative estimate of drug-likeness (QED) is 0.720. The van der Waals surface area contributed by atoms with Crippen molar-refractivity contribution in [3.63, 3.8) is 0 Å². The maximum atomic E-state index is 12.6. The third kappa shape index (κ3) is 3.00. The van der Waals surface area contributed by atoms with Gasteiger partial charge in [0.1, 0.15) is 18.1 Å². The fraction of sp³-hybridized carbons (Fsp3) is 0.526. The predicted molar refractivity (Wildman–Crippen MR) is 98.7 cm³/mol. The van der Waals surface area contributed by atoms with Gasteiger partial charge in [-0.15, -0.1) is 10.2 Å². The first-order valence-electron chi connectivity index (χ1n) is 9.83. The van der Waals surface area contributed by atoms with Crippen LogP contribution in [0, 0.1) is 0 Å². The molecule has 0 bridgehead atoms. The van der Waals surface area contributed by atoms with Crippen LogP contribution < -0.4 is 5.32 Å². The normalized spacial score (nSPS) is 21.2. The number of hydrogen-bond donors (Lipinski definition) is 1. The number of fused-ring (bicyclic) bond motifs is 1. The molecule has 146 valence electrons. The molecule has 3 aromatic rings. The molecule has 9 heteroatoms. The van der Waals surface area contributed by atoms with Gasteiger partial charge in [0.15, 0.2) is 11.5 Å². The second-order valence-corrected chi connectivity index (χ2v) is 7.72. The van der Waals surface area contributed by atoms with E-state index in [1.54, 1.807) is 6.20 Å². The van der Waals surface area contributed by atoms with Crippen LogP contribution in [-0.4, -0.2) is 41.7 Å². The highest BCUT2D eigenvalue weighted by Gasteiger charge is 2.36. The first-order valence-corrected chi connectivity index (χ1v) is 9.83. The van der Waals surface area contributed by atoms with Crippen molar-refractivity contribution in [1.29, 1.82) is 0 Å². The van der Waals surface area contributed by atoms with Crippen LogP contribution in [0.1, 0.15) is 65.1 Å². The summed E-state index contributed by atoms with van der Waals surface area (Å²) < 4.78 is 9.22. The molecule has 0 atom stereocenters. The number of aryl methyl sites for hydroxylation is 1. The third-order valence-corrected chi connectivity index (χ3v) is 5.87. The summed E-state index contributed by atoms with van der Waals surface area (Å²) in [5.41, 5.74) is 1.47. The highest BCUT2D eigenvalue weighted by atomic mass is 16.5. The fourth-order valence-electron chi connectivity index (χ4n) is 4.17. The lowest BCUT2D eigenvalue weighted by Crippen LogP contribution is -2.44. The summed E-state index contributed by atoms with van der Waals surface area (Å²) in [5.74, 6) is 2.91. The molecule has 28 heavy (non-hydrogen) atoms. The molecule has 0 spiro atoms. The smallest absolute Gasteiger partial charge is 0.273 e. The number of aromatic nitrogens is 6. The standard InChI is InChI=1S/C19H23N7O2/c1-25-16(11-26-8-4-7-20-26)22-23-18(25)12-9-13(10-12)21-19(27)17-14-5-2-3-6-15(14)28-24-17/h4,7-8,12-13H,2-3,5-6,9-11H2,1H3,(H,21,27). The lowest BCUT2D eigenvalue weighted by molar-refractivity contribution is 0.0897. The molecule has 1 amide bonds. The molecule has 1 N–H and O–H groups in total. The maximum absolute atomic E-state index is 12.6. The highest BCUT2D eigenvalue weighted by Crippen LogP contribution is 2.36. The Morgan fingerprint density at radius 2 is 2.14 bits per heavy atom. The van der Waals surface area contributed by atoms with Gasteiger partial charge in [0.05, 0.1) is 0 Å². The van der Waals surface area contributed by atoms with Gasteiger partial charge >= 0.3 is 0 Å². The van der Waals surface area contributed by atoms with Gasteiger partial charge in [0, 0.05) is 43.4 Å². The van der Waals surface area contributed by atoms with Crippen LogP contribution in [-0.2, 0) is 26.4 Å². The molecular formula is C19H23N7O2. The second kappa shape index (κ2) is 6.88. The van der Waals surface area contributed by atoms with E-state index in [9.17, 15) is 4.79 Å². The van der Waals surface area contributed by atoms with Crippen molar-refractivity contribution in [2.24, 2.45) is 7.05 Å². The van der Waals surface area contributed by atoms with E-state index in [1.807, 2.05) is 28.6 Å². The molecule has 0 radical (unpaired) electrons. The summed E-state index contributed by atoms with van der Waals surface area (Å²) in [6.07, 6.45) is 9.34. The molecule has 0 unspecified atom stereocenters. The van der Waals surface area contributed by atoms with E-state index in [-0.39, 0.29) is 11.9 Å². The molecule has 1 saturated carbocycles. The van der Waals surface area contributed by atoms with Crippen molar-refractivity contribution >= 4 is 5.91 Å². The van der Waals surface area contributed by atoms with Gasteiger partial charge in [-0.25, -0.2) is 0 Å². The van der Waals surface area contributed by atoms with Crippen LogP contribution in [0.25, 0.3) is 0 Å². The van der Waals surface area contributed by atoms with E-state index >= 15 is 0 Å². The third-order valence-electron chi connectivity index (χ3n) is 5.87. The monoisotopic (exact) mass is 381 g/mol. The molecule has 9 nitrogen and oxygen atoms in total. The van der Waals surface area contributed by atoms with Crippen LogP contribution in [0.3, 0.4) is 0 Å². The highest BCUT2D eigenvalue weighted by molar-refractivity contribution is 5.94. The van der Waals surface area contributed by atoms with Crippen molar-refractivity contribution in [3.8, 4) is 0 Å². The molecule has 3 aromatic heterocycles. The van der Waals surface area contributed by atoms with Gasteiger partial charge in [-0.05, 0) is 38.2 Å². The van der Waals surface area contributed by atoms with Crippen LogP contribution in [0.15, 0.2) is 23.0 Å². The van der Waals surface area contributed by atoms with Crippen LogP contribution in [0.4, 0.5) is 0 Å². The Morgan fingerprint density at radius 1 is 1.29 bits per heavy atom. The zero-order chi connectivity index (χ0) is 19.1. The molecule has 0 aromatic carbocycles. The van der Waals surface area contributed by atoms with Crippen molar-refractivity contribution in [1.82, 2.24) is 35.0 Å². The van der Waals surface area contributed by atoms with Gasteiger partial charge in [0.2, 0.25) is 0 Å². The maximum Gasteiger partial charge on any atom is 0.273 e. The van der Waals surface area contributed by atoms with Gasteiger partial charge in [0.25, 0.3) is 5.91 Å². The SMILES string of the molecule is Cn1c(Cn2cccn2)nnc1C1CC(NC(=O)c2noc3c2CCCC3)C1. The summed E-state index contributed by atoms with van der Waals surface area (Å²) in [4.78, 5) is 12.6. The number of rotatable bonds is 5. The van der Waals surface area contributed by atoms with Gasteiger partial charge < -0.3 is 14.4 Å². The van der Waals surface area contributed by atoms with E-state index < -0.39 is 0 Å². The lowest BCUT2D eigenvalue weighted by Gasteiger charge is -2.34. The Labute approximate surface area is 162 Å². The molecule has 2 aliphatic rings. The average molecular weight is 381 g/mol. The molecule has 5 rings (SSSR count). The van der Waals surface area contributed by atoms with Crippen LogP contribution in [0.5, 0.6) is 0 Å². The molecule has 2 aliphatic carbocycles. The Bertz CT molecular complexity index is 982. The Balaban J connectivity index is 1.19. The number of nitrogens with one attached hydrogen (secondary N) is 1. The molecule has 3 heterocycles. The molecule has 0 aliphatic heterocycles. The Morgan fingerprint density at radius 3 is 2.96 bits per heavy atom. The minimum Gasteiger partial charge on any atom is -0.360 e. The number of hydrogen-bond acceptors (Lipinski definition) is 6.